The van der Waals surface area contributed by atoms with Gasteiger partial charge in [0, 0.05) is 24.2 Å². The standard InChI is InChI=1S/C22H27N5O4.ClH/c1-12-10-14(19(23)24)6-9-16(12)18-11-17(21(29)27(2)26-18)20(28)25-15-7-4-13(5-8-15)22(30)31-3;/h6,9-11,13,15H,4-5,7-8H2,1-3H3,(H3,23,24)(H,25,28);1H. The van der Waals surface area contributed by atoms with Crippen molar-refractivity contribution in [1.82, 2.24) is 15.1 Å². The van der Waals surface area contributed by atoms with E-state index in [2.05, 4.69) is 10.4 Å². The third-order valence-electron chi connectivity index (χ3n) is 5.72. The Morgan fingerprint density at radius 2 is 1.88 bits per heavy atom. The molecule has 1 aromatic carbocycles. The number of methoxy groups -OCH3 is 1. The lowest BCUT2D eigenvalue weighted by atomic mass is 9.86. The summed E-state index contributed by atoms with van der Waals surface area (Å²) in [5, 5.41) is 14.8. The predicted octanol–water partition coefficient (Wildman–Crippen LogP) is 1.92. The Hall–Kier alpha value is -3.20. The van der Waals surface area contributed by atoms with Crippen molar-refractivity contribution in [2.75, 3.05) is 7.11 Å². The van der Waals surface area contributed by atoms with Crippen molar-refractivity contribution in [2.45, 2.75) is 38.6 Å². The van der Waals surface area contributed by atoms with Gasteiger partial charge in [0.15, 0.2) is 0 Å². The van der Waals surface area contributed by atoms with Gasteiger partial charge >= 0.3 is 5.97 Å². The summed E-state index contributed by atoms with van der Waals surface area (Å²) in [5.41, 5.74) is 7.71. The number of esters is 1. The summed E-state index contributed by atoms with van der Waals surface area (Å²) in [7, 11) is 2.88. The van der Waals surface area contributed by atoms with Crippen LogP contribution in [0.25, 0.3) is 11.3 Å². The predicted molar refractivity (Wildman–Crippen MR) is 123 cm³/mol. The average Bonchev–Trinajstić information content (AvgIpc) is 2.75. The smallest absolute Gasteiger partial charge is 0.308 e. The molecule has 1 aliphatic rings. The maximum absolute atomic E-state index is 12.9. The van der Waals surface area contributed by atoms with Crippen LogP contribution in [0.3, 0.4) is 0 Å². The largest absolute Gasteiger partial charge is 0.469 e. The fraction of sp³-hybridized carbons (Fsp3) is 0.409. The molecule has 32 heavy (non-hydrogen) atoms. The molecule has 2 aromatic rings. The minimum absolute atomic E-state index is 0. The molecule has 0 aliphatic heterocycles. The van der Waals surface area contributed by atoms with Crippen LogP contribution >= 0.6 is 12.4 Å². The zero-order valence-corrected chi connectivity index (χ0v) is 19.1. The topological polar surface area (TPSA) is 140 Å². The fourth-order valence-corrected chi connectivity index (χ4v) is 3.92. The molecule has 0 spiro atoms. The zero-order chi connectivity index (χ0) is 22.7. The molecule has 0 atom stereocenters. The van der Waals surface area contributed by atoms with E-state index in [1.54, 1.807) is 18.2 Å². The van der Waals surface area contributed by atoms with E-state index in [0.29, 0.717) is 36.9 Å². The lowest BCUT2D eigenvalue weighted by molar-refractivity contribution is -0.146. The van der Waals surface area contributed by atoms with Gasteiger partial charge in [-0.2, -0.15) is 5.10 Å². The number of nitrogen functional groups attached to an aromatic ring is 1. The number of nitrogens with two attached hydrogens (primary N) is 1. The summed E-state index contributed by atoms with van der Waals surface area (Å²) in [6, 6.07) is 6.63. The molecule has 0 saturated heterocycles. The van der Waals surface area contributed by atoms with Crippen molar-refractivity contribution in [3.05, 3.63) is 51.3 Å². The van der Waals surface area contributed by atoms with E-state index < -0.39 is 11.5 Å². The maximum atomic E-state index is 12.9. The fourth-order valence-electron chi connectivity index (χ4n) is 3.92. The van der Waals surface area contributed by atoms with Gasteiger partial charge in [-0.25, -0.2) is 4.68 Å². The number of hydrogen-bond donors (Lipinski definition) is 3. The Bertz CT molecular complexity index is 1090. The number of rotatable bonds is 5. The van der Waals surface area contributed by atoms with Crippen molar-refractivity contribution in [3.63, 3.8) is 0 Å². The average molecular weight is 462 g/mol. The van der Waals surface area contributed by atoms with Gasteiger partial charge in [-0.3, -0.25) is 19.8 Å². The molecule has 1 fully saturated rings. The number of amidine groups is 1. The molecule has 1 amide bonds. The Kier molecular flexibility index (Phi) is 8.15. The number of benzene rings is 1. The number of aryl methyl sites for hydroxylation is 2. The number of ether oxygens (including phenoxy) is 1. The van der Waals surface area contributed by atoms with Crippen molar-refractivity contribution in [2.24, 2.45) is 18.7 Å². The number of hydrogen-bond acceptors (Lipinski definition) is 6. The van der Waals surface area contributed by atoms with Crippen LogP contribution in [-0.4, -0.2) is 40.6 Å². The molecular formula is C22H28ClN5O4. The maximum Gasteiger partial charge on any atom is 0.308 e. The van der Waals surface area contributed by atoms with Gasteiger partial charge < -0.3 is 15.8 Å². The first-order valence-electron chi connectivity index (χ1n) is 10.1. The normalized spacial score (nSPS) is 17.7. The Morgan fingerprint density at radius 3 is 2.44 bits per heavy atom. The zero-order valence-electron chi connectivity index (χ0n) is 18.3. The number of halogens is 1. The Labute approximate surface area is 192 Å². The number of nitrogens with one attached hydrogen (secondary N) is 2. The molecule has 0 unspecified atom stereocenters. The molecule has 0 radical (unpaired) electrons. The number of amides is 1. The van der Waals surface area contributed by atoms with Crippen molar-refractivity contribution >= 4 is 30.1 Å². The third-order valence-corrected chi connectivity index (χ3v) is 5.72. The van der Waals surface area contributed by atoms with Gasteiger partial charge in [0.2, 0.25) is 0 Å². The second-order valence-electron chi connectivity index (χ2n) is 7.86. The van der Waals surface area contributed by atoms with Crippen LogP contribution in [0.2, 0.25) is 0 Å². The van der Waals surface area contributed by atoms with Gasteiger partial charge in [-0.1, -0.05) is 12.1 Å². The minimum atomic E-state index is -0.484. The van der Waals surface area contributed by atoms with Crippen molar-refractivity contribution in [3.8, 4) is 11.3 Å². The first-order valence-corrected chi connectivity index (χ1v) is 10.1. The van der Waals surface area contributed by atoms with Crippen LogP contribution in [0.1, 0.15) is 47.2 Å². The first kappa shape index (κ1) is 25.1. The Morgan fingerprint density at radius 1 is 1.22 bits per heavy atom. The summed E-state index contributed by atoms with van der Waals surface area (Å²) >= 11 is 0. The van der Waals surface area contributed by atoms with Crippen molar-refractivity contribution < 1.29 is 14.3 Å². The van der Waals surface area contributed by atoms with Crippen LogP contribution in [-0.2, 0) is 16.6 Å². The van der Waals surface area contributed by atoms with Gasteiger partial charge in [0.1, 0.15) is 11.4 Å². The second-order valence-corrected chi connectivity index (χ2v) is 7.86. The molecule has 10 heteroatoms. The molecule has 1 heterocycles. The number of carbonyl (C=O) groups excluding carboxylic acids is 2. The van der Waals surface area contributed by atoms with E-state index in [1.165, 1.54) is 20.2 Å². The monoisotopic (exact) mass is 461 g/mol. The van der Waals surface area contributed by atoms with E-state index >= 15 is 0 Å². The molecule has 3 rings (SSSR count). The van der Waals surface area contributed by atoms with E-state index in [1.807, 2.05) is 6.92 Å². The third kappa shape index (κ3) is 5.34. The van der Waals surface area contributed by atoms with E-state index in [4.69, 9.17) is 15.9 Å². The summed E-state index contributed by atoms with van der Waals surface area (Å²) in [6.45, 7) is 1.86. The van der Waals surface area contributed by atoms with Crippen LogP contribution in [0.4, 0.5) is 0 Å². The van der Waals surface area contributed by atoms with Gasteiger partial charge in [0.25, 0.3) is 11.5 Å². The molecule has 9 nitrogen and oxygen atoms in total. The summed E-state index contributed by atoms with van der Waals surface area (Å²) < 4.78 is 5.94. The summed E-state index contributed by atoms with van der Waals surface area (Å²) in [5.74, 6) is -0.850. The van der Waals surface area contributed by atoms with E-state index in [9.17, 15) is 14.4 Å². The summed E-state index contributed by atoms with van der Waals surface area (Å²) in [4.78, 5) is 37.1. The van der Waals surface area contributed by atoms with Crippen molar-refractivity contribution in [1.29, 1.82) is 5.41 Å². The number of aromatic nitrogens is 2. The quantitative estimate of drug-likeness (QED) is 0.353. The van der Waals surface area contributed by atoms with Gasteiger partial charge in [-0.05, 0) is 50.3 Å². The lowest BCUT2D eigenvalue weighted by Gasteiger charge is -2.27. The number of carbonyl (C=O) groups is 2. The molecular weight excluding hydrogens is 434 g/mol. The highest BCUT2D eigenvalue weighted by molar-refractivity contribution is 5.96. The Balaban J connectivity index is 0.00000363. The summed E-state index contributed by atoms with van der Waals surface area (Å²) in [6.07, 6.45) is 2.57. The van der Waals surface area contributed by atoms with Crippen LogP contribution in [0, 0.1) is 18.3 Å². The molecule has 4 N–H and O–H groups in total. The highest BCUT2D eigenvalue weighted by Gasteiger charge is 2.28. The highest BCUT2D eigenvalue weighted by Crippen LogP contribution is 2.26. The molecule has 1 aromatic heterocycles. The van der Waals surface area contributed by atoms with E-state index in [0.717, 1.165) is 15.8 Å². The second kappa shape index (κ2) is 10.4. The highest BCUT2D eigenvalue weighted by atomic mass is 35.5. The minimum Gasteiger partial charge on any atom is -0.469 e. The number of nitrogens with zero attached hydrogens (tertiary/aromatic N) is 2. The lowest BCUT2D eigenvalue weighted by Crippen LogP contribution is -2.41. The molecule has 1 saturated carbocycles. The van der Waals surface area contributed by atoms with Crippen LogP contribution < -0.4 is 16.6 Å². The molecule has 1 aliphatic carbocycles. The SMILES string of the molecule is COC(=O)C1CCC(NC(=O)c2cc(-c3ccc(C(=N)N)cc3C)nn(C)c2=O)CC1.Cl. The van der Waals surface area contributed by atoms with Crippen LogP contribution in [0.15, 0.2) is 29.1 Å². The molecule has 172 valence electrons. The first-order chi connectivity index (χ1) is 14.7. The van der Waals surface area contributed by atoms with Gasteiger partial charge in [-0.15, -0.1) is 12.4 Å². The van der Waals surface area contributed by atoms with Crippen LogP contribution in [0.5, 0.6) is 0 Å². The molecule has 0 bridgehead atoms. The van der Waals surface area contributed by atoms with Gasteiger partial charge in [0.05, 0.1) is 18.7 Å². The van der Waals surface area contributed by atoms with E-state index in [-0.39, 0.29) is 41.7 Å².